The quantitative estimate of drug-likeness (QED) is 0.901. The highest BCUT2D eigenvalue weighted by Crippen LogP contribution is 2.45. The van der Waals surface area contributed by atoms with Gasteiger partial charge in [0.25, 0.3) is 0 Å². The van der Waals surface area contributed by atoms with E-state index in [2.05, 4.69) is 15.0 Å². The van der Waals surface area contributed by atoms with E-state index in [1.165, 1.54) is 30.7 Å². The van der Waals surface area contributed by atoms with E-state index in [1.54, 1.807) is 18.0 Å². The van der Waals surface area contributed by atoms with E-state index < -0.39 is 5.54 Å². The Morgan fingerprint density at radius 2 is 2.04 bits per heavy atom. The number of aromatic nitrogens is 2. The Morgan fingerprint density at radius 1 is 1.29 bits per heavy atom. The Labute approximate surface area is 148 Å². The smallest absolute Gasteiger partial charge is 0.232 e. The van der Waals surface area contributed by atoms with E-state index in [0.717, 1.165) is 0 Å². The number of methoxy groups -OCH3 is 1. The zero-order valence-electron chi connectivity index (χ0n) is 14.0. The number of aliphatic imine (C=N–C) groups is 1. The van der Waals surface area contributed by atoms with E-state index >= 15 is 0 Å². The summed E-state index contributed by atoms with van der Waals surface area (Å²) in [5.41, 5.74) is 6.00. The van der Waals surface area contributed by atoms with Crippen molar-refractivity contribution >= 4 is 28.9 Å². The van der Waals surface area contributed by atoms with Crippen LogP contribution in [0.3, 0.4) is 0 Å². The van der Waals surface area contributed by atoms with E-state index in [0.29, 0.717) is 32.9 Å². The highest BCUT2D eigenvalue weighted by atomic mass is 32.2. The largest absolute Gasteiger partial charge is 0.480 e. The van der Waals surface area contributed by atoms with Crippen LogP contribution in [0.2, 0.25) is 0 Å². The standard InChI is InChI=1S/C16H19FN4OS2/c1-15(2)14(18)21-16(3,8-23-15)13-9(17)5-11(24-13)10-6-19-7-12(20-10)22-4/h5-7H,8H2,1-4H3,(H2,18,21)/t16-/m0/s1. The molecule has 0 saturated heterocycles. The molecule has 0 amide bonds. The van der Waals surface area contributed by atoms with Crippen molar-refractivity contribution in [3.05, 3.63) is 29.2 Å². The summed E-state index contributed by atoms with van der Waals surface area (Å²) in [6.07, 6.45) is 3.11. The van der Waals surface area contributed by atoms with E-state index in [4.69, 9.17) is 10.5 Å². The Kier molecular flexibility index (Phi) is 4.29. The number of nitrogens with two attached hydrogens (primary N) is 1. The Morgan fingerprint density at radius 3 is 2.71 bits per heavy atom. The van der Waals surface area contributed by atoms with Crippen LogP contribution in [-0.4, -0.2) is 33.4 Å². The van der Waals surface area contributed by atoms with Crippen molar-refractivity contribution in [2.75, 3.05) is 12.9 Å². The number of nitrogens with zero attached hydrogens (tertiary/aromatic N) is 3. The molecule has 0 bridgehead atoms. The fourth-order valence-corrected chi connectivity index (χ4v) is 4.59. The van der Waals surface area contributed by atoms with Crippen LogP contribution in [0.5, 0.6) is 5.88 Å². The Bertz CT molecular complexity index is 805. The molecule has 3 rings (SSSR count). The predicted octanol–water partition coefficient (Wildman–Crippen LogP) is 3.45. The summed E-state index contributed by atoms with van der Waals surface area (Å²) in [5, 5.41) is 0. The summed E-state index contributed by atoms with van der Waals surface area (Å²) in [4.78, 5) is 14.3. The summed E-state index contributed by atoms with van der Waals surface area (Å²) >= 11 is 3.02. The number of amidine groups is 1. The minimum atomic E-state index is -0.677. The molecule has 1 aliphatic heterocycles. The number of hydrogen-bond acceptors (Lipinski definition) is 7. The summed E-state index contributed by atoms with van der Waals surface area (Å²) < 4.78 is 19.5. The average molecular weight is 366 g/mol. The fraction of sp³-hybridized carbons (Fsp3) is 0.438. The van der Waals surface area contributed by atoms with Gasteiger partial charge in [0.05, 0.1) is 34.0 Å². The first-order chi connectivity index (χ1) is 11.2. The zero-order chi connectivity index (χ0) is 17.5. The van der Waals surface area contributed by atoms with Crippen LogP contribution in [0.15, 0.2) is 23.5 Å². The molecule has 5 nitrogen and oxygen atoms in total. The van der Waals surface area contributed by atoms with Gasteiger partial charge in [-0.05, 0) is 26.8 Å². The van der Waals surface area contributed by atoms with Crippen molar-refractivity contribution < 1.29 is 9.13 Å². The van der Waals surface area contributed by atoms with Crippen LogP contribution >= 0.6 is 23.1 Å². The van der Waals surface area contributed by atoms with Crippen molar-refractivity contribution in [1.82, 2.24) is 9.97 Å². The first-order valence-corrected chi connectivity index (χ1v) is 9.21. The predicted molar refractivity (Wildman–Crippen MR) is 97.4 cm³/mol. The highest BCUT2D eigenvalue weighted by Gasteiger charge is 2.40. The lowest BCUT2D eigenvalue weighted by Crippen LogP contribution is -2.44. The lowest BCUT2D eigenvalue weighted by atomic mass is 10.0. The van der Waals surface area contributed by atoms with Crippen molar-refractivity contribution in [3.63, 3.8) is 0 Å². The minimum Gasteiger partial charge on any atom is -0.480 e. The minimum absolute atomic E-state index is 0.228. The van der Waals surface area contributed by atoms with Gasteiger partial charge in [0.1, 0.15) is 22.9 Å². The molecule has 0 unspecified atom stereocenters. The van der Waals surface area contributed by atoms with Crippen LogP contribution < -0.4 is 10.5 Å². The van der Waals surface area contributed by atoms with Gasteiger partial charge in [-0.3, -0.25) is 9.98 Å². The van der Waals surface area contributed by atoms with Crippen molar-refractivity contribution in [3.8, 4) is 16.5 Å². The lowest BCUT2D eigenvalue weighted by molar-refractivity contribution is 0.396. The van der Waals surface area contributed by atoms with Crippen LogP contribution in [0.4, 0.5) is 4.39 Å². The summed E-state index contributed by atoms with van der Waals surface area (Å²) in [6, 6.07) is 1.48. The molecular weight excluding hydrogens is 347 g/mol. The third kappa shape index (κ3) is 3.00. The fourth-order valence-electron chi connectivity index (χ4n) is 2.37. The molecular formula is C16H19FN4OS2. The van der Waals surface area contributed by atoms with Gasteiger partial charge in [0, 0.05) is 5.75 Å². The monoisotopic (exact) mass is 366 g/mol. The van der Waals surface area contributed by atoms with Gasteiger partial charge >= 0.3 is 0 Å². The molecule has 128 valence electrons. The number of rotatable bonds is 3. The molecule has 1 atom stereocenters. The van der Waals surface area contributed by atoms with Crippen LogP contribution in [0, 0.1) is 5.82 Å². The third-order valence-electron chi connectivity index (χ3n) is 3.95. The van der Waals surface area contributed by atoms with Gasteiger partial charge in [0.15, 0.2) is 0 Å². The molecule has 0 spiro atoms. The topological polar surface area (TPSA) is 73.4 Å². The first kappa shape index (κ1) is 17.2. The van der Waals surface area contributed by atoms with Gasteiger partial charge in [-0.2, -0.15) is 0 Å². The molecule has 24 heavy (non-hydrogen) atoms. The first-order valence-electron chi connectivity index (χ1n) is 7.41. The normalized spacial score (nSPS) is 23.0. The molecule has 0 radical (unpaired) electrons. The number of halogens is 1. The second-order valence-electron chi connectivity index (χ2n) is 6.30. The van der Waals surface area contributed by atoms with Gasteiger partial charge in [-0.25, -0.2) is 9.37 Å². The molecule has 3 heterocycles. The number of thiophene rings is 1. The SMILES string of the molecule is COc1cncc(-c2cc(F)c([C@]3(C)CSC(C)(C)C(N)=N3)s2)n1. The highest BCUT2D eigenvalue weighted by molar-refractivity contribution is 8.01. The molecule has 0 aliphatic carbocycles. The van der Waals surface area contributed by atoms with Gasteiger partial charge in [-0.1, -0.05) is 0 Å². The maximum atomic E-state index is 14.6. The van der Waals surface area contributed by atoms with Gasteiger partial charge < -0.3 is 10.5 Å². The second kappa shape index (κ2) is 6.00. The Hall–Kier alpha value is -1.67. The molecule has 0 fully saturated rings. The maximum Gasteiger partial charge on any atom is 0.232 e. The molecule has 8 heteroatoms. The van der Waals surface area contributed by atoms with E-state index in [9.17, 15) is 4.39 Å². The molecule has 2 aromatic rings. The molecule has 2 N–H and O–H groups in total. The number of hydrogen-bond donors (Lipinski definition) is 1. The summed E-state index contributed by atoms with van der Waals surface area (Å²) in [5.74, 6) is 1.31. The average Bonchev–Trinajstić information content (AvgIpc) is 2.95. The lowest BCUT2D eigenvalue weighted by Gasteiger charge is -2.36. The maximum absolute atomic E-state index is 14.6. The summed E-state index contributed by atoms with van der Waals surface area (Å²) in [7, 11) is 1.52. The van der Waals surface area contributed by atoms with Gasteiger partial charge in [-0.15, -0.1) is 23.1 Å². The van der Waals surface area contributed by atoms with Crippen molar-refractivity contribution in [2.24, 2.45) is 10.7 Å². The number of thioether (sulfide) groups is 1. The molecule has 0 aromatic carbocycles. The van der Waals surface area contributed by atoms with E-state index in [1.807, 2.05) is 20.8 Å². The van der Waals surface area contributed by atoms with Crippen LogP contribution in [-0.2, 0) is 5.54 Å². The zero-order valence-corrected chi connectivity index (χ0v) is 15.6. The second-order valence-corrected chi connectivity index (χ2v) is 8.95. The molecule has 2 aromatic heterocycles. The number of ether oxygens (including phenoxy) is 1. The molecule has 1 aliphatic rings. The third-order valence-corrected chi connectivity index (χ3v) is 6.97. The van der Waals surface area contributed by atoms with E-state index in [-0.39, 0.29) is 10.6 Å². The Balaban J connectivity index is 2.02. The van der Waals surface area contributed by atoms with Gasteiger partial charge in [0.2, 0.25) is 5.88 Å². The van der Waals surface area contributed by atoms with Crippen molar-refractivity contribution in [1.29, 1.82) is 0 Å². The van der Waals surface area contributed by atoms with Crippen molar-refractivity contribution in [2.45, 2.75) is 31.1 Å². The van der Waals surface area contributed by atoms with Crippen LogP contribution in [0.1, 0.15) is 25.6 Å². The van der Waals surface area contributed by atoms with Crippen LogP contribution in [0.25, 0.3) is 10.6 Å². The summed E-state index contributed by atoms with van der Waals surface area (Å²) in [6.45, 7) is 5.97. The molecule has 0 saturated carbocycles.